The van der Waals surface area contributed by atoms with Crippen LogP contribution in [0, 0.1) is 0 Å². The second-order valence-electron chi connectivity index (χ2n) is 6.08. The summed E-state index contributed by atoms with van der Waals surface area (Å²) in [6.45, 7) is 3.94. The SMILES string of the molecule is O=C(NCc1cccc(CN2CCCCC2)c1)c1cccnc1. The van der Waals surface area contributed by atoms with E-state index in [2.05, 4.69) is 39.5 Å². The maximum atomic E-state index is 12.1. The fourth-order valence-corrected chi connectivity index (χ4v) is 3.00. The van der Waals surface area contributed by atoms with E-state index >= 15 is 0 Å². The molecule has 1 aliphatic heterocycles. The maximum Gasteiger partial charge on any atom is 0.253 e. The standard InChI is InChI=1S/C19H23N3O/c23-19(18-8-5-9-20-14-18)21-13-16-6-4-7-17(12-16)15-22-10-2-1-3-11-22/h4-9,12,14H,1-3,10-11,13,15H2,(H,21,23). The zero-order chi connectivity index (χ0) is 15.9. The Morgan fingerprint density at radius 3 is 2.70 bits per heavy atom. The van der Waals surface area contributed by atoms with Gasteiger partial charge in [-0.2, -0.15) is 0 Å². The molecule has 1 saturated heterocycles. The van der Waals surface area contributed by atoms with Gasteiger partial charge in [-0.15, -0.1) is 0 Å². The van der Waals surface area contributed by atoms with Crippen LogP contribution >= 0.6 is 0 Å². The second-order valence-corrected chi connectivity index (χ2v) is 6.08. The molecule has 1 aromatic heterocycles. The van der Waals surface area contributed by atoms with Crippen LogP contribution < -0.4 is 5.32 Å². The summed E-state index contributed by atoms with van der Waals surface area (Å²) in [4.78, 5) is 18.5. The molecule has 0 atom stereocenters. The molecule has 3 rings (SSSR count). The number of benzene rings is 1. The summed E-state index contributed by atoms with van der Waals surface area (Å²) in [5, 5.41) is 2.95. The van der Waals surface area contributed by atoms with E-state index in [-0.39, 0.29) is 5.91 Å². The predicted octanol–water partition coefficient (Wildman–Crippen LogP) is 3.00. The number of rotatable bonds is 5. The van der Waals surface area contributed by atoms with Gasteiger partial charge in [0.1, 0.15) is 0 Å². The summed E-state index contributed by atoms with van der Waals surface area (Å²) in [7, 11) is 0. The molecular formula is C19H23N3O. The van der Waals surface area contributed by atoms with Crippen LogP contribution in [0.4, 0.5) is 0 Å². The van der Waals surface area contributed by atoms with E-state index in [1.165, 1.54) is 37.9 Å². The van der Waals surface area contributed by atoms with Crippen LogP contribution in [0.2, 0.25) is 0 Å². The lowest BCUT2D eigenvalue weighted by atomic mass is 10.1. The molecule has 0 saturated carbocycles. The Bertz CT molecular complexity index is 636. The largest absolute Gasteiger partial charge is 0.348 e. The van der Waals surface area contributed by atoms with Crippen molar-refractivity contribution in [2.24, 2.45) is 0 Å². The molecule has 2 heterocycles. The second kappa shape index (κ2) is 7.88. The Hall–Kier alpha value is -2.20. The number of piperidine rings is 1. The molecule has 23 heavy (non-hydrogen) atoms. The van der Waals surface area contributed by atoms with Gasteiger partial charge in [-0.3, -0.25) is 14.7 Å². The minimum absolute atomic E-state index is 0.0838. The summed E-state index contributed by atoms with van der Waals surface area (Å²) in [6.07, 6.45) is 7.22. The van der Waals surface area contributed by atoms with Crippen molar-refractivity contribution in [3.05, 3.63) is 65.5 Å². The van der Waals surface area contributed by atoms with E-state index in [1.54, 1.807) is 24.5 Å². The average Bonchev–Trinajstić information content (AvgIpc) is 2.62. The highest BCUT2D eigenvalue weighted by Crippen LogP contribution is 2.14. The van der Waals surface area contributed by atoms with E-state index < -0.39 is 0 Å². The first-order valence-electron chi connectivity index (χ1n) is 8.30. The van der Waals surface area contributed by atoms with Crippen molar-refractivity contribution in [3.63, 3.8) is 0 Å². The summed E-state index contributed by atoms with van der Waals surface area (Å²) in [5.74, 6) is -0.0838. The minimum atomic E-state index is -0.0838. The third-order valence-electron chi connectivity index (χ3n) is 4.22. The fourth-order valence-electron chi connectivity index (χ4n) is 3.00. The molecule has 2 aromatic rings. The topological polar surface area (TPSA) is 45.2 Å². The summed E-state index contributed by atoms with van der Waals surface area (Å²) in [6, 6.07) is 12.0. The van der Waals surface area contributed by atoms with Gasteiger partial charge in [0.15, 0.2) is 0 Å². The lowest BCUT2D eigenvalue weighted by Crippen LogP contribution is -2.29. The van der Waals surface area contributed by atoms with Gasteiger partial charge < -0.3 is 5.32 Å². The van der Waals surface area contributed by atoms with Crippen molar-refractivity contribution < 1.29 is 4.79 Å². The van der Waals surface area contributed by atoms with Crippen molar-refractivity contribution in [3.8, 4) is 0 Å². The third kappa shape index (κ3) is 4.63. The monoisotopic (exact) mass is 309 g/mol. The number of hydrogen-bond donors (Lipinski definition) is 1. The molecule has 1 N–H and O–H groups in total. The van der Waals surface area contributed by atoms with Gasteiger partial charge in [-0.1, -0.05) is 30.7 Å². The molecule has 0 aliphatic carbocycles. The van der Waals surface area contributed by atoms with Crippen LogP contribution in [0.5, 0.6) is 0 Å². The molecule has 1 aliphatic rings. The fraction of sp³-hybridized carbons (Fsp3) is 0.368. The van der Waals surface area contributed by atoms with Crippen molar-refractivity contribution in [1.82, 2.24) is 15.2 Å². The van der Waals surface area contributed by atoms with E-state index in [9.17, 15) is 4.79 Å². The average molecular weight is 309 g/mol. The number of hydrogen-bond acceptors (Lipinski definition) is 3. The minimum Gasteiger partial charge on any atom is -0.348 e. The Balaban J connectivity index is 1.56. The number of nitrogens with zero attached hydrogens (tertiary/aromatic N) is 2. The lowest BCUT2D eigenvalue weighted by molar-refractivity contribution is 0.0950. The van der Waals surface area contributed by atoms with Crippen LogP contribution in [-0.4, -0.2) is 28.9 Å². The number of carbonyl (C=O) groups excluding carboxylic acids is 1. The molecule has 0 unspecified atom stereocenters. The number of aromatic nitrogens is 1. The number of pyridine rings is 1. The summed E-state index contributed by atoms with van der Waals surface area (Å²) < 4.78 is 0. The number of amides is 1. The first-order chi connectivity index (χ1) is 11.3. The van der Waals surface area contributed by atoms with Crippen molar-refractivity contribution in [2.75, 3.05) is 13.1 Å². The quantitative estimate of drug-likeness (QED) is 0.923. The third-order valence-corrected chi connectivity index (χ3v) is 4.22. The highest BCUT2D eigenvalue weighted by Gasteiger charge is 2.10. The first-order valence-corrected chi connectivity index (χ1v) is 8.30. The molecular weight excluding hydrogens is 286 g/mol. The predicted molar refractivity (Wildman–Crippen MR) is 91.0 cm³/mol. The lowest BCUT2D eigenvalue weighted by Gasteiger charge is -2.26. The van der Waals surface area contributed by atoms with Crippen molar-refractivity contribution in [2.45, 2.75) is 32.4 Å². The van der Waals surface area contributed by atoms with Crippen LogP contribution in [0.3, 0.4) is 0 Å². The molecule has 1 fully saturated rings. The number of likely N-dealkylation sites (tertiary alicyclic amines) is 1. The molecule has 0 radical (unpaired) electrons. The summed E-state index contributed by atoms with van der Waals surface area (Å²) in [5.41, 5.74) is 3.05. The Morgan fingerprint density at radius 2 is 1.91 bits per heavy atom. The molecule has 4 heteroatoms. The highest BCUT2D eigenvalue weighted by atomic mass is 16.1. The highest BCUT2D eigenvalue weighted by molar-refractivity contribution is 5.93. The van der Waals surface area contributed by atoms with Gasteiger partial charge in [0.25, 0.3) is 5.91 Å². The molecule has 1 aromatic carbocycles. The molecule has 0 bridgehead atoms. The van der Waals surface area contributed by atoms with E-state index in [1.807, 2.05) is 0 Å². The van der Waals surface area contributed by atoms with Crippen LogP contribution in [-0.2, 0) is 13.1 Å². The zero-order valence-corrected chi connectivity index (χ0v) is 13.4. The Morgan fingerprint density at radius 1 is 1.09 bits per heavy atom. The number of nitrogens with one attached hydrogen (secondary N) is 1. The van der Waals surface area contributed by atoms with Gasteiger partial charge in [-0.05, 0) is 49.2 Å². The van der Waals surface area contributed by atoms with Gasteiger partial charge in [0.2, 0.25) is 0 Å². The molecule has 120 valence electrons. The Kier molecular flexibility index (Phi) is 5.37. The molecule has 1 amide bonds. The number of carbonyl (C=O) groups is 1. The van der Waals surface area contributed by atoms with E-state index in [0.29, 0.717) is 12.1 Å². The maximum absolute atomic E-state index is 12.1. The van der Waals surface area contributed by atoms with E-state index in [0.717, 1.165) is 12.1 Å². The van der Waals surface area contributed by atoms with Gasteiger partial charge in [-0.25, -0.2) is 0 Å². The van der Waals surface area contributed by atoms with E-state index in [4.69, 9.17) is 0 Å². The zero-order valence-electron chi connectivity index (χ0n) is 13.4. The van der Waals surface area contributed by atoms with Crippen molar-refractivity contribution >= 4 is 5.91 Å². The Labute approximate surface area is 137 Å². The van der Waals surface area contributed by atoms with Gasteiger partial charge >= 0.3 is 0 Å². The summed E-state index contributed by atoms with van der Waals surface area (Å²) >= 11 is 0. The smallest absolute Gasteiger partial charge is 0.253 e. The van der Waals surface area contributed by atoms with Crippen molar-refractivity contribution in [1.29, 1.82) is 0 Å². The first kappa shape index (κ1) is 15.7. The van der Waals surface area contributed by atoms with Gasteiger partial charge in [0, 0.05) is 25.5 Å². The van der Waals surface area contributed by atoms with Crippen LogP contribution in [0.1, 0.15) is 40.7 Å². The molecule has 4 nitrogen and oxygen atoms in total. The van der Waals surface area contributed by atoms with Crippen LogP contribution in [0.25, 0.3) is 0 Å². The van der Waals surface area contributed by atoms with Gasteiger partial charge in [0.05, 0.1) is 5.56 Å². The molecule has 0 spiro atoms. The van der Waals surface area contributed by atoms with Crippen LogP contribution in [0.15, 0.2) is 48.8 Å². The normalized spacial score (nSPS) is 15.3.